The molecule has 1 heterocycles. The molecule has 0 aliphatic rings. The fourth-order valence-electron chi connectivity index (χ4n) is 1.82. The Hall–Kier alpha value is -2.27. The van der Waals surface area contributed by atoms with Crippen LogP contribution in [0.15, 0.2) is 30.3 Å². The van der Waals surface area contributed by atoms with E-state index in [1.54, 1.807) is 37.4 Å². The summed E-state index contributed by atoms with van der Waals surface area (Å²) in [5.41, 5.74) is 7.60. The van der Waals surface area contributed by atoms with Crippen molar-refractivity contribution in [2.45, 2.75) is 13.5 Å². The summed E-state index contributed by atoms with van der Waals surface area (Å²) in [7, 11) is 1.57. The van der Waals surface area contributed by atoms with Crippen LogP contribution in [0.2, 0.25) is 5.02 Å². The minimum Gasteiger partial charge on any atom is -0.497 e. The third-order valence-electron chi connectivity index (χ3n) is 2.82. The molecule has 2 N–H and O–H groups in total. The summed E-state index contributed by atoms with van der Waals surface area (Å²) in [4.78, 5) is 16.3. The summed E-state index contributed by atoms with van der Waals surface area (Å²) in [5.74, 6) is 0.116. The summed E-state index contributed by atoms with van der Waals surface area (Å²) in [6.07, 6.45) is 0. The summed E-state index contributed by atoms with van der Waals surface area (Å²) in [6.45, 7) is 1.87. The molecule has 2 aromatic rings. The molecule has 0 radical (unpaired) electrons. The van der Waals surface area contributed by atoms with Gasteiger partial charge in [-0.25, -0.2) is 4.79 Å². The average molecular weight is 307 g/mol. The molecule has 0 saturated carbocycles. The minimum atomic E-state index is -0.547. The number of carbonyl (C=O) groups excluding carboxylic acids is 1. The molecule has 0 spiro atoms. The molecule has 2 rings (SSSR count). The van der Waals surface area contributed by atoms with Gasteiger partial charge in [0.15, 0.2) is 0 Å². The Bertz CT molecular complexity index is 674. The highest BCUT2D eigenvalue weighted by Gasteiger charge is 2.14. The number of pyridine rings is 1. The molecule has 110 valence electrons. The van der Waals surface area contributed by atoms with Crippen LogP contribution in [0, 0.1) is 6.92 Å². The average Bonchev–Trinajstić information content (AvgIpc) is 2.47. The number of nitrogens with two attached hydrogens (primary N) is 1. The number of anilines is 1. The molecule has 0 fully saturated rings. The number of aryl methyl sites for hydroxylation is 1. The number of hydrogen-bond donors (Lipinski definition) is 1. The fourth-order valence-corrected chi connectivity index (χ4v) is 2.02. The molecule has 0 atom stereocenters. The molecule has 1 aromatic heterocycles. The van der Waals surface area contributed by atoms with Crippen molar-refractivity contribution < 1.29 is 14.3 Å². The summed E-state index contributed by atoms with van der Waals surface area (Å²) in [6, 6.07) is 8.32. The van der Waals surface area contributed by atoms with Crippen LogP contribution < -0.4 is 10.5 Å². The van der Waals surface area contributed by atoms with Gasteiger partial charge in [0.05, 0.1) is 29.1 Å². The molecular formula is C15H15ClN2O3. The first-order valence-electron chi connectivity index (χ1n) is 6.24. The van der Waals surface area contributed by atoms with Crippen LogP contribution in [0.3, 0.4) is 0 Å². The van der Waals surface area contributed by atoms with Gasteiger partial charge in [0.2, 0.25) is 0 Å². The van der Waals surface area contributed by atoms with E-state index in [-0.39, 0.29) is 17.2 Å². The van der Waals surface area contributed by atoms with Crippen molar-refractivity contribution in [1.29, 1.82) is 0 Å². The standard InChI is InChI=1S/C15H15ClN2O3/c1-9-6-11(20-2)7-10(18-9)8-21-15(19)12-4-3-5-13(17)14(12)16/h3-7H,8,17H2,1-2H3. The molecule has 1 aromatic carbocycles. The van der Waals surface area contributed by atoms with Crippen LogP contribution in [0.5, 0.6) is 5.75 Å². The maximum absolute atomic E-state index is 12.0. The van der Waals surface area contributed by atoms with E-state index >= 15 is 0 Å². The minimum absolute atomic E-state index is 0.0298. The Morgan fingerprint density at radius 2 is 2.14 bits per heavy atom. The van der Waals surface area contributed by atoms with Gasteiger partial charge in [-0.2, -0.15) is 0 Å². The van der Waals surface area contributed by atoms with Crippen molar-refractivity contribution in [2.75, 3.05) is 12.8 Å². The normalized spacial score (nSPS) is 10.2. The largest absolute Gasteiger partial charge is 0.497 e. The highest BCUT2D eigenvalue weighted by Crippen LogP contribution is 2.24. The van der Waals surface area contributed by atoms with Gasteiger partial charge in [-0.3, -0.25) is 4.98 Å². The predicted octanol–water partition coefficient (Wildman–Crippen LogP) is 2.99. The molecule has 0 amide bonds. The number of aromatic nitrogens is 1. The number of nitrogens with zero attached hydrogens (tertiary/aromatic N) is 1. The number of nitrogen functional groups attached to an aromatic ring is 1. The zero-order chi connectivity index (χ0) is 15.4. The lowest BCUT2D eigenvalue weighted by Gasteiger charge is -2.09. The van der Waals surface area contributed by atoms with Crippen molar-refractivity contribution in [1.82, 2.24) is 4.98 Å². The second-order valence-corrected chi connectivity index (χ2v) is 4.80. The van der Waals surface area contributed by atoms with Gasteiger partial charge >= 0.3 is 5.97 Å². The summed E-state index contributed by atoms with van der Waals surface area (Å²) < 4.78 is 10.4. The number of methoxy groups -OCH3 is 1. The summed E-state index contributed by atoms with van der Waals surface area (Å²) >= 11 is 5.98. The van der Waals surface area contributed by atoms with Gasteiger partial charge in [0.1, 0.15) is 12.4 Å². The number of rotatable bonds is 4. The van der Waals surface area contributed by atoms with E-state index in [0.29, 0.717) is 17.1 Å². The molecule has 5 nitrogen and oxygen atoms in total. The van der Waals surface area contributed by atoms with Crippen molar-refractivity contribution in [3.63, 3.8) is 0 Å². The van der Waals surface area contributed by atoms with Crippen molar-refractivity contribution >= 4 is 23.3 Å². The second-order valence-electron chi connectivity index (χ2n) is 4.42. The third-order valence-corrected chi connectivity index (χ3v) is 3.24. The third kappa shape index (κ3) is 3.64. The van der Waals surface area contributed by atoms with E-state index in [9.17, 15) is 4.79 Å². The van der Waals surface area contributed by atoms with Crippen molar-refractivity contribution in [3.8, 4) is 5.75 Å². The molecular weight excluding hydrogens is 292 g/mol. The van der Waals surface area contributed by atoms with Crippen molar-refractivity contribution in [2.24, 2.45) is 0 Å². The Labute approximate surface area is 127 Å². The Kier molecular flexibility index (Phi) is 4.65. The van der Waals surface area contributed by atoms with E-state index in [1.165, 1.54) is 0 Å². The first kappa shape index (κ1) is 15.1. The van der Waals surface area contributed by atoms with E-state index in [0.717, 1.165) is 5.69 Å². The molecule has 0 saturated heterocycles. The number of carbonyl (C=O) groups is 1. The number of hydrogen-bond acceptors (Lipinski definition) is 5. The zero-order valence-electron chi connectivity index (χ0n) is 11.7. The molecule has 0 aliphatic heterocycles. The van der Waals surface area contributed by atoms with Crippen LogP contribution in [0.4, 0.5) is 5.69 Å². The lowest BCUT2D eigenvalue weighted by molar-refractivity contribution is 0.0467. The molecule has 0 bridgehead atoms. The monoisotopic (exact) mass is 306 g/mol. The smallest absolute Gasteiger partial charge is 0.340 e. The van der Waals surface area contributed by atoms with Gasteiger partial charge < -0.3 is 15.2 Å². The lowest BCUT2D eigenvalue weighted by Crippen LogP contribution is -2.08. The SMILES string of the molecule is COc1cc(C)nc(COC(=O)c2cccc(N)c2Cl)c1. The van der Waals surface area contributed by atoms with Crippen LogP contribution in [0.25, 0.3) is 0 Å². The first-order valence-corrected chi connectivity index (χ1v) is 6.61. The van der Waals surface area contributed by atoms with Gasteiger partial charge in [0.25, 0.3) is 0 Å². The van der Waals surface area contributed by atoms with Crippen LogP contribution in [-0.2, 0) is 11.3 Å². The molecule has 6 heteroatoms. The topological polar surface area (TPSA) is 74.4 Å². The zero-order valence-corrected chi connectivity index (χ0v) is 12.5. The molecule has 21 heavy (non-hydrogen) atoms. The Morgan fingerprint density at radius 3 is 2.86 bits per heavy atom. The van der Waals surface area contributed by atoms with Gasteiger partial charge in [-0.15, -0.1) is 0 Å². The quantitative estimate of drug-likeness (QED) is 0.694. The van der Waals surface area contributed by atoms with Crippen LogP contribution in [0.1, 0.15) is 21.7 Å². The number of ether oxygens (including phenoxy) is 2. The van der Waals surface area contributed by atoms with E-state index in [2.05, 4.69) is 4.98 Å². The number of esters is 1. The van der Waals surface area contributed by atoms with Gasteiger partial charge in [0, 0.05) is 17.8 Å². The van der Waals surface area contributed by atoms with E-state index in [4.69, 9.17) is 26.8 Å². The van der Waals surface area contributed by atoms with Gasteiger partial charge in [-0.05, 0) is 19.1 Å². The highest BCUT2D eigenvalue weighted by molar-refractivity contribution is 6.36. The fraction of sp³-hybridized carbons (Fsp3) is 0.200. The van der Waals surface area contributed by atoms with E-state index < -0.39 is 5.97 Å². The van der Waals surface area contributed by atoms with Gasteiger partial charge in [-0.1, -0.05) is 17.7 Å². The Morgan fingerprint density at radius 1 is 1.38 bits per heavy atom. The van der Waals surface area contributed by atoms with E-state index in [1.807, 2.05) is 6.92 Å². The van der Waals surface area contributed by atoms with Crippen molar-refractivity contribution in [3.05, 3.63) is 52.3 Å². The lowest BCUT2D eigenvalue weighted by atomic mass is 10.2. The molecule has 0 aliphatic carbocycles. The Balaban J connectivity index is 2.11. The predicted molar refractivity (Wildman–Crippen MR) is 80.5 cm³/mol. The maximum Gasteiger partial charge on any atom is 0.340 e. The first-order chi connectivity index (χ1) is 10.0. The molecule has 0 unspecified atom stereocenters. The van der Waals surface area contributed by atoms with Crippen LogP contribution in [-0.4, -0.2) is 18.1 Å². The number of benzene rings is 1. The maximum atomic E-state index is 12.0. The second kappa shape index (κ2) is 6.45. The van der Waals surface area contributed by atoms with Crippen LogP contribution >= 0.6 is 11.6 Å². The number of halogens is 1. The highest BCUT2D eigenvalue weighted by atomic mass is 35.5. The summed E-state index contributed by atoms with van der Waals surface area (Å²) in [5, 5.41) is 0.192.